The molecule has 0 atom stereocenters. The second kappa shape index (κ2) is 14.3. The first-order valence-corrected chi connectivity index (χ1v) is 19.8. The zero-order chi connectivity index (χ0) is 36.3. The van der Waals surface area contributed by atoms with Gasteiger partial charge >= 0.3 is 30.4 Å². The van der Waals surface area contributed by atoms with E-state index in [-0.39, 0.29) is 52.2 Å². The van der Waals surface area contributed by atoms with Crippen LogP contribution >= 0.6 is 0 Å². The zero-order valence-corrected chi connectivity index (χ0v) is 29.7. The summed E-state index contributed by atoms with van der Waals surface area (Å²) in [5.41, 5.74) is 2.27. The number of hydrogen-bond donors (Lipinski definition) is 0. The summed E-state index contributed by atoms with van der Waals surface area (Å²) in [5.74, 6) is 0.137. The third-order valence-corrected chi connectivity index (χ3v) is 8.18. The molecule has 14 nitrogen and oxygen atoms in total. The van der Waals surface area contributed by atoms with Crippen molar-refractivity contribution in [3.8, 4) is 68.1 Å². The molecule has 264 valence electrons. The molecule has 50 heavy (non-hydrogen) atoms. The quantitative estimate of drug-likeness (QED) is 0.134. The predicted molar refractivity (Wildman–Crippen MR) is 183 cm³/mol. The molecule has 0 aliphatic carbocycles. The van der Waals surface area contributed by atoms with E-state index >= 15 is 0 Å². The Morgan fingerprint density at radius 1 is 0.600 bits per heavy atom. The molecule has 0 spiro atoms. The molecular weight excluding hydrogens is 715 g/mol. The fraction of sp³-hybridized carbons (Fsp3) is 0.182. The Labute approximate surface area is 289 Å². The summed E-state index contributed by atoms with van der Waals surface area (Å²) in [6.07, 6.45) is 2.61. The van der Waals surface area contributed by atoms with Crippen molar-refractivity contribution in [2.75, 3.05) is 33.0 Å². The van der Waals surface area contributed by atoms with Crippen LogP contribution in [-0.4, -0.2) is 63.4 Å². The molecule has 1 heterocycles. The highest BCUT2D eigenvalue weighted by molar-refractivity contribution is 7.86. The van der Waals surface area contributed by atoms with Gasteiger partial charge in [0.1, 0.15) is 23.8 Å². The maximum atomic E-state index is 12.6. The number of nitrogens with zero attached hydrogens (tertiary/aromatic N) is 1. The van der Waals surface area contributed by atoms with Gasteiger partial charge in [-0.05, 0) is 41.5 Å². The van der Waals surface area contributed by atoms with Crippen LogP contribution in [0.1, 0.15) is 5.69 Å². The van der Waals surface area contributed by atoms with Gasteiger partial charge in [-0.2, -0.15) is 25.3 Å². The summed E-state index contributed by atoms with van der Waals surface area (Å²) in [4.78, 5) is 0. The first kappa shape index (κ1) is 36.0. The first-order valence-electron chi connectivity index (χ1n) is 14.4. The Balaban J connectivity index is 1.60. The minimum Gasteiger partial charge on any atom is -0.496 e. The molecular formula is C33H31NO13S3. The average Bonchev–Trinajstić information content (AvgIpc) is 3.51. The number of aromatic nitrogens is 1. The van der Waals surface area contributed by atoms with Crippen LogP contribution in [0.3, 0.4) is 0 Å². The largest absolute Gasteiger partial charge is 0.496 e. The molecule has 0 N–H and O–H groups in total. The molecule has 0 unspecified atom stereocenters. The molecule has 5 rings (SSSR count). The van der Waals surface area contributed by atoms with Gasteiger partial charge < -0.3 is 31.3 Å². The lowest BCUT2D eigenvalue weighted by Gasteiger charge is -2.21. The van der Waals surface area contributed by atoms with Crippen molar-refractivity contribution in [3.05, 3.63) is 90.6 Å². The molecule has 17 heteroatoms. The normalized spacial score (nSPS) is 11.9. The Bertz CT molecular complexity index is 2340. The topological polar surface area (TPSA) is 184 Å². The molecule has 0 amide bonds. The summed E-state index contributed by atoms with van der Waals surface area (Å²) >= 11 is 0. The molecule has 0 aliphatic heterocycles. The Hall–Kier alpha value is -5.26. The monoisotopic (exact) mass is 745 g/mol. The molecule has 0 fully saturated rings. The van der Waals surface area contributed by atoms with Crippen LogP contribution in [0, 0.1) is 0 Å². The van der Waals surface area contributed by atoms with Gasteiger partial charge in [0, 0.05) is 17.2 Å². The van der Waals surface area contributed by atoms with Crippen molar-refractivity contribution in [2.24, 2.45) is 0 Å². The second-order valence-corrected chi connectivity index (χ2v) is 15.5. The van der Waals surface area contributed by atoms with Crippen LogP contribution in [0.25, 0.3) is 33.6 Å². The van der Waals surface area contributed by atoms with Crippen molar-refractivity contribution in [2.45, 2.75) is 6.61 Å². The van der Waals surface area contributed by atoms with Gasteiger partial charge in [0.05, 0.1) is 38.6 Å². The van der Waals surface area contributed by atoms with Crippen LogP contribution in [0.2, 0.25) is 0 Å². The van der Waals surface area contributed by atoms with E-state index in [0.29, 0.717) is 22.6 Å². The van der Waals surface area contributed by atoms with Gasteiger partial charge in [-0.3, -0.25) is 0 Å². The summed E-state index contributed by atoms with van der Waals surface area (Å²) in [7, 11) is -9.41. The summed E-state index contributed by atoms with van der Waals surface area (Å²) < 4.78 is 111. The van der Waals surface area contributed by atoms with E-state index in [1.165, 1.54) is 56.7 Å². The van der Waals surface area contributed by atoms with E-state index in [4.69, 9.17) is 31.3 Å². The van der Waals surface area contributed by atoms with E-state index in [9.17, 15) is 25.3 Å². The van der Waals surface area contributed by atoms with Gasteiger partial charge in [-0.25, -0.2) is 0 Å². The van der Waals surface area contributed by atoms with Crippen molar-refractivity contribution in [3.63, 3.8) is 0 Å². The van der Waals surface area contributed by atoms with Crippen LogP contribution in [0.5, 0.6) is 34.5 Å². The van der Waals surface area contributed by atoms with E-state index in [2.05, 4.69) is 5.16 Å². The van der Waals surface area contributed by atoms with Gasteiger partial charge in [0.2, 0.25) is 0 Å². The SMILES string of the molecule is COc1cc(-c2ccc(OS(C)(=O)=O)cc2)c(OC)c(OS(C)(=O)=O)c1-c1ccc(OCc2cc(-c3ccccc3)on2)c(OS(C)(=O)=O)c1. The Morgan fingerprint density at radius 3 is 1.84 bits per heavy atom. The van der Waals surface area contributed by atoms with Gasteiger partial charge in [-0.1, -0.05) is 53.7 Å². The number of rotatable bonds is 14. The molecule has 0 radical (unpaired) electrons. The second-order valence-electron chi connectivity index (χ2n) is 10.7. The standard InChI is InChI=1S/C33H31NO13S3/c1-41-30-19-26(21-11-14-25(15-12-21)45-48(3,35)36)32(42-2)33(47-50(5,39)40)31(30)23-13-16-27(29(17-23)46-49(4,37)38)43-20-24-18-28(44-34-24)22-9-7-6-8-10-22/h6-19H,20H2,1-5H3. The average molecular weight is 746 g/mol. The third kappa shape index (κ3) is 9.04. The maximum absolute atomic E-state index is 12.6. The molecule has 5 aromatic rings. The number of methoxy groups -OCH3 is 2. The van der Waals surface area contributed by atoms with Crippen molar-refractivity contribution in [1.29, 1.82) is 0 Å². The lowest BCUT2D eigenvalue weighted by Crippen LogP contribution is -2.10. The predicted octanol–water partition coefficient (Wildman–Crippen LogP) is 5.29. The maximum Gasteiger partial charge on any atom is 0.306 e. The molecule has 0 aliphatic rings. The zero-order valence-electron chi connectivity index (χ0n) is 27.3. The molecule has 0 saturated heterocycles. The van der Waals surface area contributed by atoms with E-state index in [0.717, 1.165) is 24.3 Å². The van der Waals surface area contributed by atoms with Crippen molar-refractivity contribution in [1.82, 2.24) is 5.16 Å². The van der Waals surface area contributed by atoms with E-state index in [1.807, 2.05) is 30.3 Å². The van der Waals surface area contributed by atoms with Crippen LogP contribution in [0.4, 0.5) is 0 Å². The summed E-state index contributed by atoms with van der Waals surface area (Å²) in [6, 6.07) is 22.6. The Kier molecular flexibility index (Phi) is 10.3. The fourth-order valence-electron chi connectivity index (χ4n) is 4.84. The van der Waals surface area contributed by atoms with Gasteiger partial charge in [0.25, 0.3) is 0 Å². The first-order chi connectivity index (χ1) is 23.5. The number of hydrogen-bond acceptors (Lipinski definition) is 14. The smallest absolute Gasteiger partial charge is 0.306 e. The number of ether oxygens (including phenoxy) is 3. The highest BCUT2D eigenvalue weighted by atomic mass is 32.2. The molecule has 0 bridgehead atoms. The highest BCUT2D eigenvalue weighted by Gasteiger charge is 2.27. The molecule has 0 saturated carbocycles. The van der Waals surface area contributed by atoms with E-state index < -0.39 is 30.4 Å². The summed E-state index contributed by atoms with van der Waals surface area (Å²) in [6.45, 7) is -0.113. The van der Waals surface area contributed by atoms with Crippen LogP contribution < -0.4 is 26.8 Å². The molecule has 1 aromatic heterocycles. The van der Waals surface area contributed by atoms with Crippen molar-refractivity contribution >= 4 is 30.4 Å². The van der Waals surface area contributed by atoms with Gasteiger partial charge in [0.15, 0.2) is 28.8 Å². The Morgan fingerprint density at radius 2 is 1.24 bits per heavy atom. The minimum atomic E-state index is -4.19. The lowest BCUT2D eigenvalue weighted by molar-refractivity contribution is 0.282. The van der Waals surface area contributed by atoms with E-state index in [1.54, 1.807) is 12.1 Å². The molecule has 4 aromatic carbocycles. The van der Waals surface area contributed by atoms with Crippen LogP contribution in [0.15, 0.2) is 89.5 Å². The van der Waals surface area contributed by atoms with Crippen molar-refractivity contribution < 1.29 is 56.5 Å². The third-order valence-electron chi connectivity index (χ3n) is 6.74. The van der Waals surface area contributed by atoms with Crippen LogP contribution in [-0.2, 0) is 37.0 Å². The highest BCUT2D eigenvalue weighted by Crippen LogP contribution is 2.52. The lowest BCUT2D eigenvalue weighted by atomic mass is 9.96. The minimum absolute atomic E-state index is 0.0213. The van der Waals surface area contributed by atoms with Gasteiger partial charge in [-0.15, -0.1) is 0 Å². The summed E-state index contributed by atoms with van der Waals surface area (Å²) in [5, 5.41) is 4.02. The fourth-order valence-corrected chi connectivity index (χ4v) is 6.22. The number of benzene rings is 4.